The van der Waals surface area contributed by atoms with Crippen LogP contribution in [0.5, 0.6) is 0 Å². The first kappa shape index (κ1) is 13.8. The summed E-state index contributed by atoms with van der Waals surface area (Å²) < 4.78 is 0. The molecule has 0 saturated heterocycles. The molecule has 0 spiro atoms. The fourth-order valence-electron chi connectivity index (χ4n) is 1.86. The molecule has 0 aromatic rings. The summed E-state index contributed by atoms with van der Waals surface area (Å²) in [5.74, 6) is 2.73. The van der Waals surface area contributed by atoms with Gasteiger partial charge in [0, 0.05) is 25.9 Å². The van der Waals surface area contributed by atoms with Crippen LogP contribution in [0.25, 0.3) is 0 Å². The summed E-state index contributed by atoms with van der Waals surface area (Å²) in [4.78, 5) is 11.5. The Bertz CT molecular complexity index is 302. The maximum absolute atomic E-state index is 11.5. The van der Waals surface area contributed by atoms with Crippen LogP contribution in [0.1, 0.15) is 38.5 Å². The number of unbranched alkanes of at least 4 members (excludes halogenated alkanes) is 2. The molecule has 0 aromatic carbocycles. The number of nitrogens with one attached hydrogen (secondary N) is 2. The first-order chi connectivity index (χ1) is 8.33. The van der Waals surface area contributed by atoms with E-state index in [9.17, 15) is 4.79 Å². The highest BCUT2D eigenvalue weighted by Crippen LogP contribution is 2.08. The van der Waals surface area contributed by atoms with Crippen molar-refractivity contribution in [2.45, 2.75) is 38.5 Å². The van der Waals surface area contributed by atoms with Crippen LogP contribution in [0.15, 0.2) is 11.6 Å². The van der Waals surface area contributed by atoms with Crippen LogP contribution < -0.4 is 10.6 Å². The zero-order chi connectivity index (χ0) is 12.3. The molecule has 3 heteroatoms. The van der Waals surface area contributed by atoms with Crippen LogP contribution in [-0.4, -0.2) is 25.5 Å². The summed E-state index contributed by atoms with van der Waals surface area (Å²) in [5, 5.41) is 6.23. The molecular weight excluding hydrogens is 212 g/mol. The third kappa shape index (κ3) is 6.80. The monoisotopic (exact) mass is 234 g/mol. The van der Waals surface area contributed by atoms with Crippen molar-refractivity contribution in [3.05, 3.63) is 11.6 Å². The van der Waals surface area contributed by atoms with Gasteiger partial charge in [-0.15, -0.1) is 12.3 Å². The number of carbonyl (C=O) groups is 1. The molecule has 0 aromatic heterocycles. The average Bonchev–Trinajstić information content (AvgIpc) is 2.36. The lowest BCUT2D eigenvalue weighted by molar-refractivity contribution is -0.121. The van der Waals surface area contributed by atoms with E-state index in [4.69, 9.17) is 6.42 Å². The number of hydrogen-bond donors (Lipinski definition) is 2. The van der Waals surface area contributed by atoms with E-state index in [1.807, 2.05) is 0 Å². The van der Waals surface area contributed by atoms with E-state index in [2.05, 4.69) is 22.6 Å². The quantitative estimate of drug-likeness (QED) is 0.399. The second-order valence-electron chi connectivity index (χ2n) is 4.33. The Kier molecular flexibility index (Phi) is 7.17. The SMILES string of the molecule is C#CCCCCC(=O)NCCC1=CCNCC1. The summed E-state index contributed by atoms with van der Waals surface area (Å²) in [6.45, 7) is 2.79. The van der Waals surface area contributed by atoms with E-state index in [0.29, 0.717) is 6.42 Å². The molecule has 1 amide bonds. The normalized spacial score (nSPS) is 14.9. The standard InChI is InChI=1S/C14H22N2O/c1-2-3-4-5-6-14(17)16-12-9-13-7-10-15-11-8-13/h1,7,15H,3-6,8-12H2,(H,16,17). The van der Waals surface area contributed by atoms with Crippen molar-refractivity contribution in [2.75, 3.05) is 19.6 Å². The zero-order valence-electron chi connectivity index (χ0n) is 10.4. The molecule has 1 heterocycles. The van der Waals surface area contributed by atoms with Gasteiger partial charge in [-0.05, 0) is 32.2 Å². The van der Waals surface area contributed by atoms with Crippen molar-refractivity contribution in [1.29, 1.82) is 0 Å². The van der Waals surface area contributed by atoms with Gasteiger partial charge in [-0.1, -0.05) is 11.6 Å². The molecule has 0 radical (unpaired) electrons. The Balaban J connectivity index is 2.00. The third-order valence-electron chi connectivity index (χ3n) is 2.90. The minimum absolute atomic E-state index is 0.150. The lowest BCUT2D eigenvalue weighted by Crippen LogP contribution is -2.26. The van der Waals surface area contributed by atoms with Crippen LogP contribution in [-0.2, 0) is 4.79 Å². The predicted octanol–water partition coefficient (Wildman–Crippen LogP) is 1.61. The van der Waals surface area contributed by atoms with Crippen molar-refractivity contribution >= 4 is 5.91 Å². The maximum Gasteiger partial charge on any atom is 0.220 e. The first-order valence-corrected chi connectivity index (χ1v) is 6.41. The van der Waals surface area contributed by atoms with E-state index >= 15 is 0 Å². The fourth-order valence-corrected chi connectivity index (χ4v) is 1.86. The van der Waals surface area contributed by atoms with E-state index in [-0.39, 0.29) is 5.91 Å². The fraction of sp³-hybridized carbons (Fsp3) is 0.643. The van der Waals surface area contributed by atoms with E-state index in [1.165, 1.54) is 5.57 Å². The molecule has 1 aliphatic rings. The first-order valence-electron chi connectivity index (χ1n) is 6.41. The van der Waals surface area contributed by atoms with Gasteiger partial charge < -0.3 is 10.6 Å². The van der Waals surface area contributed by atoms with Gasteiger partial charge >= 0.3 is 0 Å². The van der Waals surface area contributed by atoms with Gasteiger partial charge in [0.1, 0.15) is 0 Å². The molecule has 0 unspecified atom stereocenters. The summed E-state index contributed by atoms with van der Waals surface area (Å²) in [6.07, 6.45) is 12.7. The number of terminal acetylenes is 1. The molecule has 0 aliphatic carbocycles. The smallest absolute Gasteiger partial charge is 0.220 e. The highest BCUT2D eigenvalue weighted by atomic mass is 16.1. The number of carbonyl (C=O) groups excluding carboxylic acids is 1. The molecule has 0 saturated carbocycles. The zero-order valence-corrected chi connectivity index (χ0v) is 10.4. The molecule has 0 atom stereocenters. The number of rotatable bonds is 7. The van der Waals surface area contributed by atoms with Crippen LogP contribution >= 0.6 is 0 Å². The molecular formula is C14H22N2O. The second kappa shape index (κ2) is 8.83. The van der Waals surface area contributed by atoms with Crippen molar-refractivity contribution in [3.63, 3.8) is 0 Å². The second-order valence-corrected chi connectivity index (χ2v) is 4.33. The van der Waals surface area contributed by atoms with Crippen molar-refractivity contribution < 1.29 is 4.79 Å². The molecule has 2 N–H and O–H groups in total. The Hall–Kier alpha value is -1.27. The molecule has 3 nitrogen and oxygen atoms in total. The molecule has 0 bridgehead atoms. The van der Waals surface area contributed by atoms with Gasteiger partial charge in [0.05, 0.1) is 0 Å². The van der Waals surface area contributed by atoms with Gasteiger partial charge in [-0.3, -0.25) is 4.79 Å². The summed E-state index contributed by atoms with van der Waals surface area (Å²) in [5.41, 5.74) is 1.45. The van der Waals surface area contributed by atoms with Crippen molar-refractivity contribution in [3.8, 4) is 12.3 Å². The van der Waals surface area contributed by atoms with E-state index < -0.39 is 0 Å². The van der Waals surface area contributed by atoms with Gasteiger partial charge in [0.25, 0.3) is 0 Å². The van der Waals surface area contributed by atoms with Gasteiger partial charge in [0.2, 0.25) is 5.91 Å². The Labute approximate surface area is 104 Å². The molecule has 1 rings (SSSR count). The Morgan fingerprint density at radius 1 is 1.53 bits per heavy atom. The van der Waals surface area contributed by atoms with Crippen LogP contribution in [0.2, 0.25) is 0 Å². The highest BCUT2D eigenvalue weighted by molar-refractivity contribution is 5.75. The maximum atomic E-state index is 11.5. The third-order valence-corrected chi connectivity index (χ3v) is 2.90. The molecule has 17 heavy (non-hydrogen) atoms. The molecule has 1 aliphatic heterocycles. The van der Waals surface area contributed by atoms with Crippen LogP contribution in [0, 0.1) is 12.3 Å². The average molecular weight is 234 g/mol. The van der Waals surface area contributed by atoms with Gasteiger partial charge in [-0.2, -0.15) is 0 Å². The molecule has 0 fully saturated rings. The lowest BCUT2D eigenvalue weighted by Gasteiger charge is -2.14. The number of amides is 1. The molecule has 94 valence electrons. The van der Waals surface area contributed by atoms with Gasteiger partial charge in [-0.25, -0.2) is 0 Å². The largest absolute Gasteiger partial charge is 0.356 e. The topological polar surface area (TPSA) is 41.1 Å². The van der Waals surface area contributed by atoms with Crippen molar-refractivity contribution in [2.24, 2.45) is 0 Å². The predicted molar refractivity (Wildman–Crippen MR) is 70.5 cm³/mol. The van der Waals surface area contributed by atoms with E-state index in [0.717, 1.165) is 51.7 Å². The highest BCUT2D eigenvalue weighted by Gasteiger charge is 2.04. The van der Waals surface area contributed by atoms with Gasteiger partial charge in [0.15, 0.2) is 0 Å². The van der Waals surface area contributed by atoms with Crippen molar-refractivity contribution in [1.82, 2.24) is 10.6 Å². The Morgan fingerprint density at radius 2 is 2.41 bits per heavy atom. The minimum atomic E-state index is 0.150. The summed E-state index contributed by atoms with van der Waals surface area (Å²) in [6, 6.07) is 0. The van der Waals surface area contributed by atoms with E-state index in [1.54, 1.807) is 0 Å². The summed E-state index contributed by atoms with van der Waals surface area (Å²) in [7, 11) is 0. The lowest BCUT2D eigenvalue weighted by atomic mass is 10.1. The van der Waals surface area contributed by atoms with Crippen LogP contribution in [0.4, 0.5) is 0 Å². The summed E-state index contributed by atoms with van der Waals surface area (Å²) >= 11 is 0. The van der Waals surface area contributed by atoms with Crippen LogP contribution in [0.3, 0.4) is 0 Å². The number of hydrogen-bond acceptors (Lipinski definition) is 2. The Morgan fingerprint density at radius 3 is 3.12 bits per heavy atom. The minimum Gasteiger partial charge on any atom is -0.356 e.